The lowest BCUT2D eigenvalue weighted by Gasteiger charge is -1.82. The summed E-state index contributed by atoms with van der Waals surface area (Å²) in [6, 6.07) is 0. The van der Waals surface area contributed by atoms with Gasteiger partial charge in [-0.3, -0.25) is 0 Å². The van der Waals surface area contributed by atoms with Crippen LogP contribution < -0.4 is 0 Å². The lowest BCUT2D eigenvalue weighted by Crippen LogP contribution is -1.66. The minimum absolute atomic E-state index is 0. The fourth-order valence-corrected chi connectivity index (χ4v) is 0. The van der Waals surface area contributed by atoms with Crippen LogP contribution in [0.5, 0.6) is 0 Å². The quantitative estimate of drug-likeness (QED) is 0.254. The third kappa shape index (κ3) is 2750. The van der Waals surface area contributed by atoms with Crippen molar-refractivity contribution in [3.05, 3.63) is 12.2 Å². The number of hydrogen-bond acceptors (Lipinski definition) is 2. The summed E-state index contributed by atoms with van der Waals surface area (Å²) >= 11 is 0. The Kier molecular flexibility index (Phi) is 27.7. The van der Waals surface area contributed by atoms with Gasteiger partial charge in [0, 0.05) is 0 Å². The molecule has 9 nitrogen and oxygen atoms in total. The van der Waals surface area contributed by atoms with E-state index >= 15 is 0 Å². The molecule has 8 N–H and O–H groups in total. The van der Waals surface area contributed by atoms with E-state index in [9.17, 15) is 0 Å². The van der Waals surface area contributed by atoms with E-state index in [0.29, 0.717) is 0 Å². The van der Waals surface area contributed by atoms with Crippen molar-refractivity contribution in [3.63, 3.8) is 0 Å². The standard InChI is InChI=1S/C4H8.CH4.2H3O4P.H2O/c1-3-4-2;;2*1-5(2,3)4;/h3-4H,1-2H3;1H4;2*(H3,1,2,3,4);1H2. The zero-order chi connectivity index (χ0) is 12.4. The first-order valence-corrected chi connectivity index (χ1v) is 6.18. The molecule has 0 fully saturated rings. The first-order valence-electron chi connectivity index (χ1n) is 3.05. The lowest BCUT2D eigenvalue weighted by molar-refractivity contribution is 0.272. The molecule has 0 aromatic heterocycles. The van der Waals surface area contributed by atoms with Gasteiger partial charge in [0.05, 0.1) is 0 Å². The summed E-state index contributed by atoms with van der Waals surface area (Å²) in [6.07, 6.45) is 4.00. The van der Waals surface area contributed by atoms with Gasteiger partial charge in [-0.1, -0.05) is 19.6 Å². The Labute approximate surface area is 93.9 Å². The SMILES string of the molecule is C.CC=CC.O.O=P(O)(O)O.O=P(O)(O)O. The van der Waals surface area contributed by atoms with Crippen molar-refractivity contribution >= 4 is 15.6 Å². The molecule has 0 radical (unpaired) electrons. The van der Waals surface area contributed by atoms with Crippen LogP contribution in [-0.4, -0.2) is 34.8 Å². The Morgan fingerprint density at radius 2 is 0.812 bits per heavy atom. The van der Waals surface area contributed by atoms with Crippen LogP contribution in [-0.2, 0) is 9.13 Å². The highest BCUT2D eigenvalue weighted by atomic mass is 31.2. The second kappa shape index (κ2) is 14.9. The summed E-state index contributed by atoms with van der Waals surface area (Å²) in [4.78, 5) is 43.1. The van der Waals surface area contributed by atoms with Gasteiger partial charge >= 0.3 is 15.6 Å². The Morgan fingerprint density at radius 1 is 0.750 bits per heavy atom. The number of rotatable bonds is 0. The third-order valence-electron chi connectivity index (χ3n) is 0.333. The third-order valence-corrected chi connectivity index (χ3v) is 0.333. The normalized spacial score (nSPS) is 9.75. The number of hydrogen-bond donors (Lipinski definition) is 6. The van der Waals surface area contributed by atoms with Gasteiger partial charge in [-0.05, 0) is 13.8 Å². The maximum absolute atomic E-state index is 8.88. The van der Waals surface area contributed by atoms with E-state index < -0.39 is 15.6 Å². The van der Waals surface area contributed by atoms with Crippen LogP contribution in [0.1, 0.15) is 21.3 Å². The first-order chi connectivity index (χ1) is 5.91. The second-order valence-corrected chi connectivity index (χ2v) is 3.75. The zero-order valence-electron chi connectivity index (χ0n) is 8.05. The van der Waals surface area contributed by atoms with Gasteiger partial charge < -0.3 is 34.8 Å². The molecule has 0 aromatic rings. The van der Waals surface area contributed by atoms with E-state index in [4.69, 9.17) is 38.5 Å². The van der Waals surface area contributed by atoms with E-state index in [2.05, 4.69) is 0 Å². The minimum atomic E-state index is -4.64. The fraction of sp³-hybridized carbons (Fsp3) is 0.600. The predicted molar refractivity (Wildman–Crippen MR) is 59.4 cm³/mol. The summed E-state index contributed by atoms with van der Waals surface area (Å²) in [6.45, 7) is 4.00. The van der Waals surface area contributed by atoms with Gasteiger partial charge in [0.25, 0.3) is 0 Å². The Balaban J connectivity index is -0.0000000358. The maximum atomic E-state index is 8.88. The lowest BCUT2D eigenvalue weighted by atomic mass is 10.6. The van der Waals surface area contributed by atoms with E-state index in [-0.39, 0.29) is 12.9 Å². The van der Waals surface area contributed by atoms with E-state index in [1.54, 1.807) is 0 Å². The van der Waals surface area contributed by atoms with E-state index in [0.717, 1.165) is 0 Å². The molecular weight excluding hydrogens is 266 g/mol. The highest BCUT2D eigenvalue weighted by Gasteiger charge is 2.00. The molecule has 0 spiro atoms. The van der Waals surface area contributed by atoms with Crippen molar-refractivity contribution in [2.24, 2.45) is 0 Å². The van der Waals surface area contributed by atoms with Gasteiger partial charge in [0.2, 0.25) is 0 Å². The zero-order valence-corrected chi connectivity index (χ0v) is 9.84. The molecule has 0 bridgehead atoms. The highest BCUT2D eigenvalue weighted by Crippen LogP contribution is 2.26. The van der Waals surface area contributed by atoms with Gasteiger partial charge in [-0.25, -0.2) is 9.13 Å². The van der Waals surface area contributed by atoms with Crippen LogP contribution in [0.25, 0.3) is 0 Å². The molecule has 16 heavy (non-hydrogen) atoms. The van der Waals surface area contributed by atoms with Crippen molar-refractivity contribution in [2.45, 2.75) is 21.3 Å². The molecule has 0 heterocycles. The van der Waals surface area contributed by atoms with Gasteiger partial charge in [0.1, 0.15) is 0 Å². The number of allylic oxidation sites excluding steroid dienone is 2. The van der Waals surface area contributed by atoms with Crippen LogP contribution in [0.4, 0.5) is 0 Å². The molecule has 0 saturated heterocycles. The van der Waals surface area contributed by atoms with Gasteiger partial charge in [-0.15, -0.1) is 0 Å². The van der Waals surface area contributed by atoms with Crippen LogP contribution >= 0.6 is 15.6 Å². The van der Waals surface area contributed by atoms with Crippen molar-refractivity contribution in [2.75, 3.05) is 0 Å². The summed E-state index contributed by atoms with van der Waals surface area (Å²) in [5, 5.41) is 0. The molecule has 0 aliphatic carbocycles. The minimum Gasteiger partial charge on any atom is -0.412 e. The summed E-state index contributed by atoms with van der Waals surface area (Å²) in [7, 11) is -9.28. The van der Waals surface area contributed by atoms with Crippen LogP contribution in [0.15, 0.2) is 12.2 Å². The van der Waals surface area contributed by atoms with Crippen LogP contribution in [0, 0.1) is 0 Å². The topological polar surface area (TPSA) is 187 Å². The molecule has 0 saturated carbocycles. The molecule has 0 aliphatic heterocycles. The number of phosphoric acid groups is 2. The maximum Gasteiger partial charge on any atom is 0.466 e. The van der Waals surface area contributed by atoms with Crippen LogP contribution in [0.3, 0.4) is 0 Å². The molecule has 0 unspecified atom stereocenters. The van der Waals surface area contributed by atoms with Crippen molar-refractivity contribution < 1.29 is 44.0 Å². The Morgan fingerprint density at radius 3 is 0.812 bits per heavy atom. The fourth-order valence-electron chi connectivity index (χ4n) is 0. The van der Waals surface area contributed by atoms with Gasteiger partial charge in [-0.2, -0.15) is 0 Å². The highest BCUT2D eigenvalue weighted by molar-refractivity contribution is 7.45. The van der Waals surface area contributed by atoms with Crippen molar-refractivity contribution in [1.82, 2.24) is 0 Å². The van der Waals surface area contributed by atoms with E-state index in [1.807, 2.05) is 26.0 Å². The molecule has 104 valence electrons. The molecule has 0 aliphatic rings. The first kappa shape index (κ1) is 29.7. The largest absolute Gasteiger partial charge is 0.466 e. The summed E-state index contributed by atoms with van der Waals surface area (Å²) in [5.74, 6) is 0. The van der Waals surface area contributed by atoms with Crippen LogP contribution in [0.2, 0.25) is 0 Å². The monoisotopic (exact) mass is 286 g/mol. The van der Waals surface area contributed by atoms with Crippen molar-refractivity contribution in [3.8, 4) is 0 Å². The summed E-state index contributed by atoms with van der Waals surface area (Å²) < 4.78 is 17.8. The van der Waals surface area contributed by atoms with Crippen molar-refractivity contribution in [1.29, 1.82) is 0 Å². The average Bonchev–Trinajstić information content (AvgIpc) is 1.79. The Bertz CT molecular complexity index is 186. The molecular formula is C5H20O9P2. The smallest absolute Gasteiger partial charge is 0.412 e. The second-order valence-electron chi connectivity index (χ2n) is 1.69. The molecule has 11 heteroatoms. The average molecular weight is 286 g/mol. The molecule has 0 aromatic carbocycles. The summed E-state index contributed by atoms with van der Waals surface area (Å²) in [5.41, 5.74) is 0. The van der Waals surface area contributed by atoms with E-state index in [1.165, 1.54) is 0 Å². The predicted octanol–water partition coefficient (Wildman–Crippen LogP) is -0.463. The molecule has 0 rings (SSSR count). The molecule has 0 atom stereocenters. The molecule has 0 amide bonds. The Hall–Kier alpha value is -0.0800. The van der Waals surface area contributed by atoms with Gasteiger partial charge in [0.15, 0.2) is 0 Å².